The van der Waals surface area contributed by atoms with Crippen LogP contribution in [0.3, 0.4) is 0 Å². The Morgan fingerprint density at radius 3 is 2.08 bits per heavy atom. The van der Waals surface area contributed by atoms with Gasteiger partial charge in [0.05, 0.1) is 20.8 Å². The van der Waals surface area contributed by atoms with Crippen LogP contribution in [0.25, 0.3) is 0 Å². The standard InChI is InChI=1S/C17H21NO6/c1-6-24-14(19)13-9(2)11-7-17(15(20)22-4,16(21)23-5)8-12(11)10(3)18-13/h6-8H2,1-5H3. The number of aryl methyl sites for hydroxylation is 1. The van der Waals surface area contributed by atoms with Crippen LogP contribution in [-0.2, 0) is 36.6 Å². The minimum atomic E-state index is -1.43. The number of carbonyl (C=O) groups is 3. The van der Waals surface area contributed by atoms with Crippen LogP contribution in [0.1, 0.15) is 39.8 Å². The lowest BCUT2D eigenvalue weighted by Crippen LogP contribution is -2.42. The van der Waals surface area contributed by atoms with E-state index in [4.69, 9.17) is 14.2 Å². The van der Waals surface area contributed by atoms with Gasteiger partial charge in [0.15, 0.2) is 11.1 Å². The van der Waals surface area contributed by atoms with Crippen LogP contribution in [-0.4, -0.2) is 43.7 Å². The Morgan fingerprint density at radius 1 is 1.04 bits per heavy atom. The van der Waals surface area contributed by atoms with E-state index in [1.807, 2.05) is 0 Å². The van der Waals surface area contributed by atoms with Crippen molar-refractivity contribution in [2.45, 2.75) is 33.6 Å². The van der Waals surface area contributed by atoms with E-state index >= 15 is 0 Å². The predicted octanol–water partition coefficient (Wildman–Crippen LogP) is 1.31. The Bertz CT molecular complexity index is 694. The van der Waals surface area contributed by atoms with Crippen molar-refractivity contribution in [1.82, 2.24) is 4.98 Å². The lowest BCUT2D eigenvalue weighted by molar-refractivity contribution is -0.168. The molecule has 1 heterocycles. The number of carbonyl (C=O) groups excluding carboxylic acids is 3. The van der Waals surface area contributed by atoms with Crippen LogP contribution in [0.15, 0.2) is 0 Å². The van der Waals surface area contributed by atoms with E-state index in [1.54, 1.807) is 20.8 Å². The van der Waals surface area contributed by atoms with Crippen molar-refractivity contribution in [3.63, 3.8) is 0 Å². The molecule has 0 radical (unpaired) electrons. The molecule has 0 fully saturated rings. The number of pyridine rings is 1. The number of ether oxygens (including phenoxy) is 3. The average molecular weight is 335 g/mol. The lowest BCUT2D eigenvalue weighted by atomic mass is 9.84. The van der Waals surface area contributed by atoms with Crippen molar-refractivity contribution < 1.29 is 28.6 Å². The van der Waals surface area contributed by atoms with Gasteiger partial charge in [-0.15, -0.1) is 0 Å². The normalized spacial score (nSPS) is 14.7. The Kier molecular flexibility index (Phi) is 4.91. The molecule has 1 aromatic rings. The first kappa shape index (κ1) is 17.9. The van der Waals surface area contributed by atoms with Crippen molar-refractivity contribution >= 4 is 17.9 Å². The number of methoxy groups -OCH3 is 2. The van der Waals surface area contributed by atoms with Crippen LogP contribution >= 0.6 is 0 Å². The number of fused-ring (bicyclic) bond motifs is 1. The van der Waals surface area contributed by atoms with Crippen LogP contribution in [0.5, 0.6) is 0 Å². The van der Waals surface area contributed by atoms with Gasteiger partial charge in [0.2, 0.25) is 0 Å². The third kappa shape index (κ3) is 2.64. The van der Waals surface area contributed by atoms with Gasteiger partial charge in [0, 0.05) is 18.5 Å². The van der Waals surface area contributed by atoms with Gasteiger partial charge in [-0.3, -0.25) is 9.59 Å². The van der Waals surface area contributed by atoms with Crippen molar-refractivity contribution in [3.05, 3.63) is 28.1 Å². The third-order valence-electron chi connectivity index (χ3n) is 4.47. The van der Waals surface area contributed by atoms with Crippen LogP contribution in [0.4, 0.5) is 0 Å². The fourth-order valence-electron chi connectivity index (χ4n) is 3.21. The highest BCUT2D eigenvalue weighted by atomic mass is 16.5. The molecule has 0 amide bonds. The quantitative estimate of drug-likeness (QED) is 0.465. The molecule has 0 saturated carbocycles. The van der Waals surface area contributed by atoms with Crippen LogP contribution in [0, 0.1) is 19.3 Å². The predicted molar refractivity (Wildman–Crippen MR) is 83.5 cm³/mol. The molecule has 0 atom stereocenters. The summed E-state index contributed by atoms with van der Waals surface area (Å²) in [6, 6.07) is 0. The van der Waals surface area contributed by atoms with E-state index in [2.05, 4.69) is 4.98 Å². The summed E-state index contributed by atoms with van der Waals surface area (Å²) < 4.78 is 14.7. The molecule has 0 spiro atoms. The zero-order valence-corrected chi connectivity index (χ0v) is 14.5. The smallest absolute Gasteiger partial charge is 0.357 e. The minimum Gasteiger partial charge on any atom is -0.468 e. The van der Waals surface area contributed by atoms with Gasteiger partial charge in [0.25, 0.3) is 0 Å². The third-order valence-corrected chi connectivity index (χ3v) is 4.47. The Labute approximate surface area is 140 Å². The molecule has 1 aromatic heterocycles. The second kappa shape index (κ2) is 6.59. The molecule has 0 N–H and O–H groups in total. The summed E-state index contributed by atoms with van der Waals surface area (Å²) in [5.74, 6) is -1.82. The molecule has 2 rings (SSSR count). The van der Waals surface area contributed by atoms with Crippen molar-refractivity contribution in [2.75, 3.05) is 20.8 Å². The molecule has 1 aliphatic rings. The van der Waals surface area contributed by atoms with Crippen LogP contribution in [0.2, 0.25) is 0 Å². The molecular formula is C17H21NO6. The average Bonchev–Trinajstić information content (AvgIpc) is 2.99. The van der Waals surface area contributed by atoms with E-state index in [0.717, 1.165) is 11.1 Å². The Morgan fingerprint density at radius 2 is 1.58 bits per heavy atom. The summed E-state index contributed by atoms with van der Waals surface area (Å²) >= 11 is 0. The van der Waals surface area contributed by atoms with Gasteiger partial charge in [0.1, 0.15) is 0 Å². The van der Waals surface area contributed by atoms with Gasteiger partial charge >= 0.3 is 17.9 Å². The first-order chi connectivity index (χ1) is 11.3. The highest BCUT2D eigenvalue weighted by Crippen LogP contribution is 2.42. The molecule has 24 heavy (non-hydrogen) atoms. The highest BCUT2D eigenvalue weighted by molar-refractivity contribution is 6.02. The maximum atomic E-state index is 12.3. The summed E-state index contributed by atoms with van der Waals surface area (Å²) in [5, 5.41) is 0. The molecule has 0 aliphatic heterocycles. The van der Waals surface area contributed by atoms with Gasteiger partial charge in [-0.1, -0.05) is 0 Å². The SMILES string of the molecule is CCOC(=O)c1nc(C)c2c(c1C)CC(C(=O)OC)(C(=O)OC)C2. The second-order valence-corrected chi connectivity index (χ2v) is 5.77. The van der Waals surface area contributed by atoms with Gasteiger partial charge in [-0.25, -0.2) is 9.78 Å². The summed E-state index contributed by atoms with van der Waals surface area (Å²) in [4.78, 5) is 41.0. The molecule has 0 bridgehead atoms. The van der Waals surface area contributed by atoms with E-state index in [0.29, 0.717) is 11.3 Å². The fraction of sp³-hybridized carbons (Fsp3) is 0.529. The van der Waals surface area contributed by atoms with E-state index in [9.17, 15) is 14.4 Å². The van der Waals surface area contributed by atoms with Crippen molar-refractivity contribution in [3.8, 4) is 0 Å². The number of aromatic nitrogens is 1. The summed E-state index contributed by atoms with van der Waals surface area (Å²) in [7, 11) is 2.47. The fourth-order valence-corrected chi connectivity index (χ4v) is 3.21. The number of hydrogen-bond acceptors (Lipinski definition) is 7. The monoisotopic (exact) mass is 335 g/mol. The molecule has 7 heteroatoms. The first-order valence-electron chi connectivity index (χ1n) is 7.65. The molecular weight excluding hydrogens is 314 g/mol. The summed E-state index contributed by atoms with van der Waals surface area (Å²) in [6.07, 6.45) is 0.258. The molecule has 0 aromatic carbocycles. The maximum Gasteiger partial charge on any atom is 0.357 e. The largest absolute Gasteiger partial charge is 0.468 e. The zero-order chi connectivity index (χ0) is 18.1. The highest BCUT2D eigenvalue weighted by Gasteiger charge is 2.53. The van der Waals surface area contributed by atoms with Crippen molar-refractivity contribution in [2.24, 2.45) is 5.41 Å². The Balaban J connectivity index is 2.57. The number of nitrogens with zero attached hydrogens (tertiary/aromatic N) is 1. The lowest BCUT2D eigenvalue weighted by Gasteiger charge is -2.22. The summed E-state index contributed by atoms with van der Waals surface area (Å²) in [5.41, 5.74) is 1.50. The second-order valence-electron chi connectivity index (χ2n) is 5.77. The summed E-state index contributed by atoms with van der Waals surface area (Å²) in [6.45, 7) is 5.44. The van der Waals surface area contributed by atoms with Gasteiger partial charge in [-0.05, 0) is 37.5 Å². The van der Waals surface area contributed by atoms with E-state index in [-0.39, 0.29) is 25.1 Å². The van der Waals surface area contributed by atoms with E-state index < -0.39 is 23.3 Å². The Hall–Kier alpha value is -2.44. The van der Waals surface area contributed by atoms with Crippen LogP contribution < -0.4 is 0 Å². The topological polar surface area (TPSA) is 91.8 Å². The molecule has 1 aliphatic carbocycles. The van der Waals surface area contributed by atoms with Crippen molar-refractivity contribution in [1.29, 1.82) is 0 Å². The molecule has 7 nitrogen and oxygen atoms in total. The number of hydrogen-bond donors (Lipinski definition) is 0. The number of rotatable bonds is 4. The maximum absolute atomic E-state index is 12.3. The molecule has 0 unspecified atom stereocenters. The van der Waals surface area contributed by atoms with Gasteiger partial charge < -0.3 is 14.2 Å². The molecule has 0 saturated heterocycles. The number of esters is 3. The molecule has 130 valence electrons. The first-order valence-corrected chi connectivity index (χ1v) is 7.65. The zero-order valence-electron chi connectivity index (χ0n) is 14.5. The minimum absolute atomic E-state index is 0.114. The van der Waals surface area contributed by atoms with Gasteiger partial charge in [-0.2, -0.15) is 0 Å². The van der Waals surface area contributed by atoms with E-state index in [1.165, 1.54) is 14.2 Å².